The number of fused-ring (bicyclic) bond motifs is 1. The van der Waals surface area contributed by atoms with Gasteiger partial charge in [-0.25, -0.2) is 0 Å². The fourth-order valence-electron chi connectivity index (χ4n) is 2.39. The molecule has 0 N–H and O–H groups in total. The van der Waals surface area contributed by atoms with Crippen LogP contribution in [0.25, 0.3) is 6.08 Å². The molecule has 122 valence electrons. The molecule has 0 aliphatic carbocycles. The Balaban J connectivity index is 1.87. The molecule has 7 heteroatoms. The zero-order valence-corrected chi connectivity index (χ0v) is 14.6. The van der Waals surface area contributed by atoms with E-state index in [0.29, 0.717) is 33.0 Å². The van der Waals surface area contributed by atoms with Crippen LogP contribution in [0.1, 0.15) is 25.3 Å². The van der Waals surface area contributed by atoms with Crippen LogP contribution in [0.5, 0.6) is 17.2 Å². The molecule has 3 rings (SSSR count). The summed E-state index contributed by atoms with van der Waals surface area (Å²) < 4.78 is 16.7. The summed E-state index contributed by atoms with van der Waals surface area (Å²) in [6.45, 7) is 2.93. The summed E-state index contributed by atoms with van der Waals surface area (Å²) in [4.78, 5) is 14.8. The van der Waals surface area contributed by atoms with E-state index in [0.717, 1.165) is 18.4 Å². The zero-order chi connectivity index (χ0) is 16.4. The van der Waals surface area contributed by atoms with Gasteiger partial charge in [-0.15, -0.1) is 0 Å². The first kappa shape index (κ1) is 16.1. The number of amides is 1. The van der Waals surface area contributed by atoms with Crippen molar-refractivity contribution in [1.82, 2.24) is 4.90 Å². The highest BCUT2D eigenvalue weighted by atomic mass is 32.2. The Kier molecular flexibility index (Phi) is 4.77. The third-order valence-electron chi connectivity index (χ3n) is 3.59. The maximum Gasteiger partial charge on any atom is 0.266 e. The Bertz CT molecular complexity index is 687. The Labute approximate surface area is 144 Å². The molecule has 0 aromatic heterocycles. The number of unbranched alkanes of at least 4 members (excludes halogenated alkanes) is 1. The molecule has 23 heavy (non-hydrogen) atoms. The quantitative estimate of drug-likeness (QED) is 0.598. The largest absolute Gasteiger partial charge is 0.493 e. The molecule has 2 aliphatic heterocycles. The molecule has 0 unspecified atom stereocenters. The first-order valence-corrected chi connectivity index (χ1v) is 8.59. The van der Waals surface area contributed by atoms with Crippen LogP contribution in [0, 0.1) is 0 Å². The van der Waals surface area contributed by atoms with Crippen LogP contribution in [0.3, 0.4) is 0 Å². The summed E-state index contributed by atoms with van der Waals surface area (Å²) in [6, 6.07) is 3.66. The van der Waals surface area contributed by atoms with Gasteiger partial charge < -0.3 is 14.2 Å². The average molecular weight is 351 g/mol. The number of hydrogen-bond acceptors (Lipinski definition) is 6. The zero-order valence-electron chi connectivity index (χ0n) is 13.0. The third kappa shape index (κ3) is 3.16. The van der Waals surface area contributed by atoms with Crippen LogP contribution in [0.2, 0.25) is 0 Å². The Morgan fingerprint density at radius 1 is 1.43 bits per heavy atom. The topological polar surface area (TPSA) is 48.0 Å². The number of rotatable bonds is 5. The monoisotopic (exact) mass is 351 g/mol. The van der Waals surface area contributed by atoms with E-state index < -0.39 is 0 Å². The van der Waals surface area contributed by atoms with Crippen LogP contribution in [-0.2, 0) is 4.79 Å². The number of thiocarbonyl (C=S) groups is 1. The van der Waals surface area contributed by atoms with Crippen molar-refractivity contribution in [3.05, 3.63) is 22.6 Å². The number of ether oxygens (including phenoxy) is 3. The molecule has 1 aromatic carbocycles. The van der Waals surface area contributed by atoms with Gasteiger partial charge in [0, 0.05) is 6.54 Å². The molecule has 0 atom stereocenters. The molecule has 2 aliphatic rings. The van der Waals surface area contributed by atoms with E-state index in [1.807, 2.05) is 18.2 Å². The van der Waals surface area contributed by atoms with Gasteiger partial charge in [0.25, 0.3) is 5.91 Å². The summed E-state index contributed by atoms with van der Waals surface area (Å²) in [5.74, 6) is 1.77. The fourth-order valence-corrected chi connectivity index (χ4v) is 3.70. The molecule has 0 spiro atoms. The molecule has 1 amide bonds. The van der Waals surface area contributed by atoms with Crippen molar-refractivity contribution in [1.29, 1.82) is 0 Å². The highest BCUT2D eigenvalue weighted by Crippen LogP contribution is 2.43. The Hall–Kier alpha value is -1.73. The van der Waals surface area contributed by atoms with Gasteiger partial charge >= 0.3 is 0 Å². The Morgan fingerprint density at radius 3 is 3.00 bits per heavy atom. The van der Waals surface area contributed by atoms with Crippen LogP contribution in [0.4, 0.5) is 0 Å². The van der Waals surface area contributed by atoms with Crippen molar-refractivity contribution in [2.45, 2.75) is 19.8 Å². The third-order valence-corrected chi connectivity index (χ3v) is 4.97. The molecule has 5 nitrogen and oxygen atoms in total. The smallest absolute Gasteiger partial charge is 0.266 e. The highest BCUT2D eigenvalue weighted by Gasteiger charge is 2.31. The maximum atomic E-state index is 12.5. The molecular weight excluding hydrogens is 334 g/mol. The number of hydrogen-bond donors (Lipinski definition) is 0. The van der Waals surface area contributed by atoms with E-state index in [4.69, 9.17) is 26.4 Å². The predicted molar refractivity (Wildman–Crippen MR) is 93.9 cm³/mol. The van der Waals surface area contributed by atoms with Crippen molar-refractivity contribution in [3.8, 4) is 17.2 Å². The van der Waals surface area contributed by atoms with E-state index in [1.54, 1.807) is 12.0 Å². The van der Waals surface area contributed by atoms with Gasteiger partial charge in [0.15, 0.2) is 11.5 Å². The van der Waals surface area contributed by atoms with E-state index in [1.165, 1.54) is 11.8 Å². The van der Waals surface area contributed by atoms with Gasteiger partial charge in [0.05, 0.1) is 12.0 Å². The van der Waals surface area contributed by atoms with Crippen LogP contribution < -0.4 is 14.2 Å². The van der Waals surface area contributed by atoms with Gasteiger partial charge in [-0.2, -0.15) is 0 Å². The van der Waals surface area contributed by atoms with Crippen molar-refractivity contribution >= 4 is 40.3 Å². The van der Waals surface area contributed by atoms with E-state index >= 15 is 0 Å². The molecule has 2 heterocycles. The van der Waals surface area contributed by atoms with Gasteiger partial charge in [-0.05, 0) is 30.2 Å². The van der Waals surface area contributed by atoms with Crippen LogP contribution >= 0.6 is 24.0 Å². The maximum absolute atomic E-state index is 12.5. The van der Waals surface area contributed by atoms with Crippen LogP contribution in [-0.4, -0.2) is 35.6 Å². The Morgan fingerprint density at radius 2 is 2.26 bits per heavy atom. The lowest BCUT2D eigenvalue weighted by molar-refractivity contribution is -0.122. The molecule has 1 aromatic rings. The number of thioether (sulfide) groups is 1. The van der Waals surface area contributed by atoms with Gasteiger partial charge in [0.1, 0.15) is 4.32 Å². The minimum atomic E-state index is -0.0370. The predicted octanol–water partition coefficient (Wildman–Crippen LogP) is 3.43. The first-order chi connectivity index (χ1) is 11.1. The second-order valence-corrected chi connectivity index (χ2v) is 6.82. The minimum Gasteiger partial charge on any atom is -0.493 e. The molecule has 0 saturated carbocycles. The van der Waals surface area contributed by atoms with Gasteiger partial charge in [0.2, 0.25) is 12.5 Å². The fraction of sp³-hybridized carbons (Fsp3) is 0.375. The summed E-state index contributed by atoms with van der Waals surface area (Å²) in [7, 11) is 1.57. The summed E-state index contributed by atoms with van der Waals surface area (Å²) in [5.41, 5.74) is 0.821. The molecule has 0 radical (unpaired) electrons. The van der Waals surface area contributed by atoms with E-state index in [-0.39, 0.29) is 12.7 Å². The minimum absolute atomic E-state index is 0.0370. The molecule has 0 bridgehead atoms. The lowest BCUT2D eigenvalue weighted by Crippen LogP contribution is -2.28. The lowest BCUT2D eigenvalue weighted by atomic mass is 10.1. The lowest BCUT2D eigenvalue weighted by Gasteiger charge is -2.13. The van der Waals surface area contributed by atoms with Crippen molar-refractivity contribution in [2.24, 2.45) is 0 Å². The number of nitrogens with zero attached hydrogens (tertiary/aromatic N) is 1. The molecule has 1 fully saturated rings. The molecule has 1 saturated heterocycles. The van der Waals surface area contributed by atoms with Crippen molar-refractivity contribution < 1.29 is 19.0 Å². The molecular formula is C16H17NO4S2. The van der Waals surface area contributed by atoms with Crippen molar-refractivity contribution in [3.63, 3.8) is 0 Å². The van der Waals surface area contributed by atoms with Gasteiger partial charge in [-0.3, -0.25) is 9.69 Å². The highest BCUT2D eigenvalue weighted by molar-refractivity contribution is 8.26. The van der Waals surface area contributed by atoms with Gasteiger partial charge in [-0.1, -0.05) is 37.3 Å². The number of benzene rings is 1. The standard InChI is InChI=1S/C16H17NO4S2/c1-3-4-5-17-15(18)13(23-16(17)22)8-10-6-11(19-2)14-12(7-10)20-9-21-14/h6-8H,3-5,9H2,1-2H3. The second-order valence-electron chi connectivity index (χ2n) is 5.14. The first-order valence-electron chi connectivity index (χ1n) is 7.37. The second kappa shape index (κ2) is 6.80. The van der Waals surface area contributed by atoms with Crippen molar-refractivity contribution in [2.75, 3.05) is 20.4 Å². The number of carbonyl (C=O) groups is 1. The number of carbonyl (C=O) groups excluding carboxylic acids is 1. The van der Waals surface area contributed by atoms with E-state index in [2.05, 4.69) is 6.92 Å². The summed E-state index contributed by atoms with van der Waals surface area (Å²) >= 11 is 6.64. The normalized spacial score (nSPS) is 18.2. The summed E-state index contributed by atoms with van der Waals surface area (Å²) in [6.07, 6.45) is 3.78. The van der Waals surface area contributed by atoms with E-state index in [9.17, 15) is 4.79 Å². The number of methoxy groups -OCH3 is 1. The SMILES string of the molecule is CCCCN1C(=O)C(=Cc2cc(OC)c3c(c2)OCO3)SC1=S. The summed E-state index contributed by atoms with van der Waals surface area (Å²) in [5, 5.41) is 0. The average Bonchev–Trinajstić information content (AvgIpc) is 3.11. The van der Waals surface area contributed by atoms with Crippen LogP contribution in [0.15, 0.2) is 17.0 Å².